The standard InChI is InChI=1S/C19H13ClF3N3O3S/c1-29-14-5-6-15-11(8-14)2-3-12-10-24-26(18(12)15)25-30(27,28)17-9-13(19(21,22)23)4-7-16(17)20/h2-10,25H,1H3. The largest absolute Gasteiger partial charge is 0.497 e. The van der Waals surface area contributed by atoms with E-state index in [0.29, 0.717) is 34.2 Å². The normalized spacial score (nSPS) is 12.4. The van der Waals surface area contributed by atoms with Crippen molar-refractivity contribution in [2.75, 3.05) is 11.9 Å². The number of aromatic nitrogens is 2. The van der Waals surface area contributed by atoms with Gasteiger partial charge < -0.3 is 4.74 Å². The molecule has 1 aromatic heterocycles. The Morgan fingerprint density at radius 3 is 2.50 bits per heavy atom. The summed E-state index contributed by atoms with van der Waals surface area (Å²) in [6.45, 7) is 0. The zero-order valence-electron chi connectivity index (χ0n) is 15.2. The number of nitrogens with zero attached hydrogens (tertiary/aromatic N) is 2. The Hall–Kier alpha value is -2.98. The number of ether oxygens (including phenoxy) is 1. The van der Waals surface area contributed by atoms with Gasteiger partial charge in [-0.05, 0) is 41.8 Å². The van der Waals surface area contributed by atoms with Crippen molar-refractivity contribution in [3.8, 4) is 5.75 Å². The van der Waals surface area contributed by atoms with Gasteiger partial charge in [0.25, 0.3) is 10.0 Å². The molecule has 0 spiro atoms. The van der Waals surface area contributed by atoms with Gasteiger partial charge in [-0.25, -0.2) is 0 Å². The summed E-state index contributed by atoms with van der Waals surface area (Å²) >= 11 is 5.89. The summed E-state index contributed by atoms with van der Waals surface area (Å²) in [5.74, 6) is 0.615. The second kappa shape index (κ2) is 7.06. The third-order valence-corrected chi connectivity index (χ3v) is 6.28. The lowest BCUT2D eigenvalue weighted by Crippen LogP contribution is -2.25. The fourth-order valence-corrected chi connectivity index (χ4v) is 4.56. The maximum Gasteiger partial charge on any atom is 0.416 e. The molecule has 1 N–H and O–H groups in total. The van der Waals surface area contributed by atoms with Crippen LogP contribution in [0.25, 0.3) is 21.7 Å². The van der Waals surface area contributed by atoms with E-state index in [4.69, 9.17) is 16.3 Å². The van der Waals surface area contributed by atoms with E-state index in [-0.39, 0.29) is 5.02 Å². The number of nitrogens with one attached hydrogen (secondary N) is 1. The van der Waals surface area contributed by atoms with Gasteiger partial charge in [0, 0.05) is 10.8 Å². The lowest BCUT2D eigenvalue weighted by molar-refractivity contribution is -0.137. The summed E-state index contributed by atoms with van der Waals surface area (Å²) in [6.07, 6.45) is -3.28. The third-order valence-electron chi connectivity index (χ3n) is 4.51. The molecule has 4 rings (SSSR count). The summed E-state index contributed by atoms with van der Waals surface area (Å²) in [5, 5.41) is 5.75. The minimum Gasteiger partial charge on any atom is -0.497 e. The van der Waals surface area contributed by atoms with Crippen LogP contribution in [0.5, 0.6) is 5.75 Å². The smallest absolute Gasteiger partial charge is 0.416 e. The number of fused-ring (bicyclic) bond motifs is 3. The first-order valence-corrected chi connectivity index (χ1v) is 10.3. The lowest BCUT2D eigenvalue weighted by Gasteiger charge is -2.13. The van der Waals surface area contributed by atoms with Gasteiger partial charge >= 0.3 is 6.18 Å². The maximum atomic E-state index is 13.0. The van der Waals surface area contributed by atoms with Gasteiger partial charge in [-0.2, -0.15) is 36.3 Å². The van der Waals surface area contributed by atoms with Crippen LogP contribution in [-0.2, 0) is 16.2 Å². The molecule has 0 aliphatic rings. The maximum absolute atomic E-state index is 13.0. The van der Waals surface area contributed by atoms with Gasteiger partial charge in [0.15, 0.2) is 0 Å². The zero-order valence-corrected chi connectivity index (χ0v) is 16.8. The Morgan fingerprint density at radius 2 is 1.80 bits per heavy atom. The molecular weight excluding hydrogens is 443 g/mol. The Kier molecular flexibility index (Phi) is 4.78. The van der Waals surface area contributed by atoms with Crippen LogP contribution in [-0.4, -0.2) is 25.4 Å². The Morgan fingerprint density at radius 1 is 1.07 bits per heavy atom. The van der Waals surface area contributed by atoms with E-state index in [2.05, 4.69) is 9.93 Å². The average molecular weight is 456 g/mol. The number of methoxy groups -OCH3 is 1. The molecule has 0 unspecified atom stereocenters. The summed E-state index contributed by atoms with van der Waals surface area (Å²) in [7, 11) is -2.95. The van der Waals surface area contributed by atoms with Crippen LogP contribution in [0.4, 0.5) is 13.2 Å². The average Bonchev–Trinajstić information content (AvgIpc) is 3.09. The number of hydrogen-bond donors (Lipinski definition) is 1. The molecule has 1 heterocycles. The SMILES string of the molecule is COc1ccc2c(ccc3cnn(NS(=O)(=O)c4cc(C(F)(F)F)ccc4Cl)c32)c1. The highest BCUT2D eigenvalue weighted by atomic mass is 35.5. The third kappa shape index (κ3) is 3.52. The first-order valence-electron chi connectivity index (χ1n) is 8.44. The molecule has 30 heavy (non-hydrogen) atoms. The van der Waals surface area contributed by atoms with E-state index < -0.39 is 26.7 Å². The molecule has 0 aliphatic heterocycles. The van der Waals surface area contributed by atoms with Crippen LogP contribution in [0.15, 0.2) is 59.6 Å². The Bertz CT molecular complexity index is 1380. The molecule has 0 fully saturated rings. The van der Waals surface area contributed by atoms with Crippen molar-refractivity contribution in [2.24, 2.45) is 0 Å². The van der Waals surface area contributed by atoms with Gasteiger partial charge in [0.2, 0.25) is 0 Å². The number of rotatable bonds is 4. The fraction of sp³-hybridized carbons (Fsp3) is 0.105. The van der Waals surface area contributed by atoms with Crippen molar-refractivity contribution in [1.82, 2.24) is 9.89 Å². The van der Waals surface area contributed by atoms with E-state index in [9.17, 15) is 21.6 Å². The van der Waals surface area contributed by atoms with Crippen LogP contribution in [0, 0.1) is 0 Å². The Balaban J connectivity index is 1.84. The second-order valence-corrected chi connectivity index (χ2v) is 8.42. The van der Waals surface area contributed by atoms with E-state index in [1.54, 1.807) is 24.3 Å². The summed E-state index contributed by atoms with van der Waals surface area (Å²) in [5.41, 5.74) is -0.697. The number of hydrogen-bond acceptors (Lipinski definition) is 4. The van der Waals surface area contributed by atoms with Crippen LogP contribution in [0.1, 0.15) is 5.56 Å². The van der Waals surface area contributed by atoms with Crippen LogP contribution >= 0.6 is 11.6 Å². The first kappa shape index (κ1) is 20.3. The molecular formula is C19H13ClF3N3O3S. The molecule has 11 heteroatoms. The van der Waals surface area contributed by atoms with Crippen molar-refractivity contribution in [2.45, 2.75) is 11.1 Å². The van der Waals surface area contributed by atoms with Gasteiger partial charge in [-0.3, -0.25) is 0 Å². The summed E-state index contributed by atoms with van der Waals surface area (Å²) < 4.78 is 69.9. The van der Waals surface area contributed by atoms with Crippen molar-refractivity contribution < 1.29 is 26.3 Å². The summed E-state index contributed by atoms with van der Waals surface area (Å²) in [6, 6.07) is 10.9. The Labute approximate surface area is 173 Å². The highest BCUT2D eigenvalue weighted by Crippen LogP contribution is 2.34. The van der Waals surface area contributed by atoms with Crippen molar-refractivity contribution in [3.05, 3.63) is 65.3 Å². The van der Waals surface area contributed by atoms with Gasteiger partial charge in [-0.15, -0.1) is 0 Å². The molecule has 0 saturated carbocycles. The molecule has 0 saturated heterocycles. The predicted octanol–water partition coefficient (Wildman–Crippen LogP) is 4.80. The predicted molar refractivity (Wildman–Crippen MR) is 107 cm³/mol. The fourth-order valence-electron chi connectivity index (χ4n) is 3.07. The van der Waals surface area contributed by atoms with Crippen LogP contribution in [0.3, 0.4) is 0 Å². The van der Waals surface area contributed by atoms with Crippen LogP contribution < -0.4 is 9.57 Å². The highest BCUT2D eigenvalue weighted by Gasteiger charge is 2.33. The molecule has 0 amide bonds. The number of alkyl halides is 3. The van der Waals surface area contributed by atoms with Crippen molar-refractivity contribution in [1.29, 1.82) is 0 Å². The first-order chi connectivity index (χ1) is 14.1. The lowest BCUT2D eigenvalue weighted by atomic mass is 10.1. The highest BCUT2D eigenvalue weighted by molar-refractivity contribution is 7.92. The number of sulfonamides is 1. The molecule has 3 aromatic carbocycles. The number of benzene rings is 3. The summed E-state index contributed by atoms with van der Waals surface area (Å²) in [4.78, 5) is 2.48. The molecule has 156 valence electrons. The van der Waals surface area contributed by atoms with Gasteiger partial charge in [0.05, 0.1) is 23.9 Å². The van der Waals surface area contributed by atoms with Crippen molar-refractivity contribution in [3.63, 3.8) is 0 Å². The van der Waals surface area contributed by atoms with E-state index in [0.717, 1.165) is 16.2 Å². The minimum absolute atomic E-state index is 0.346. The van der Waals surface area contributed by atoms with Crippen molar-refractivity contribution >= 4 is 43.3 Å². The quantitative estimate of drug-likeness (QED) is 0.479. The van der Waals surface area contributed by atoms with Gasteiger partial charge in [-0.1, -0.05) is 23.7 Å². The topological polar surface area (TPSA) is 73.2 Å². The van der Waals surface area contributed by atoms with Gasteiger partial charge in [0.1, 0.15) is 16.2 Å². The molecule has 0 radical (unpaired) electrons. The zero-order chi connectivity index (χ0) is 21.7. The monoisotopic (exact) mass is 455 g/mol. The number of halogens is 4. The molecule has 0 aliphatic carbocycles. The van der Waals surface area contributed by atoms with E-state index >= 15 is 0 Å². The molecule has 0 bridgehead atoms. The van der Waals surface area contributed by atoms with Crippen LogP contribution in [0.2, 0.25) is 5.02 Å². The van der Waals surface area contributed by atoms with E-state index in [1.807, 2.05) is 6.07 Å². The second-order valence-electron chi connectivity index (χ2n) is 6.38. The molecule has 6 nitrogen and oxygen atoms in total. The van der Waals surface area contributed by atoms with E-state index in [1.165, 1.54) is 13.3 Å². The minimum atomic E-state index is -4.72. The molecule has 4 aromatic rings. The molecule has 0 atom stereocenters.